The first-order chi connectivity index (χ1) is 12.8. The molecule has 0 bridgehead atoms. The van der Waals surface area contributed by atoms with Crippen LogP contribution in [0, 0.1) is 0 Å². The fourth-order valence-electron chi connectivity index (χ4n) is 4.43. The summed E-state index contributed by atoms with van der Waals surface area (Å²) in [7, 11) is 0. The third kappa shape index (κ3) is 2.56. The lowest BCUT2D eigenvalue weighted by Gasteiger charge is -2.23. The molecule has 2 aromatic carbocycles. The molecule has 1 unspecified atom stereocenters. The first kappa shape index (κ1) is 15.8. The molecule has 0 saturated heterocycles. The van der Waals surface area contributed by atoms with Gasteiger partial charge in [-0.1, -0.05) is 60.3 Å². The Morgan fingerprint density at radius 3 is 2.04 bits per heavy atom. The summed E-state index contributed by atoms with van der Waals surface area (Å²) in [6, 6.07) is 16.7. The molecular weight excluding hydrogens is 324 g/mol. The number of hydrogen-bond donors (Lipinski definition) is 0. The third-order valence-electron chi connectivity index (χ3n) is 5.63. The van der Waals surface area contributed by atoms with Crippen LogP contribution in [0.5, 0.6) is 0 Å². The zero-order valence-electron chi connectivity index (χ0n) is 14.7. The summed E-state index contributed by atoms with van der Waals surface area (Å²) in [5.74, 6) is -0.0971. The Balaban J connectivity index is 1.62. The minimum absolute atomic E-state index is 0.0971. The van der Waals surface area contributed by atoms with E-state index in [1.807, 2.05) is 16.8 Å². The fraction of sp³-hybridized carbons (Fsp3) is 0.364. The van der Waals surface area contributed by atoms with Crippen molar-refractivity contribution in [1.82, 2.24) is 0 Å². The van der Waals surface area contributed by atoms with Crippen molar-refractivity contribution in [1.29, 1.82) is 0 Å². The molecule has 0 spiro atoms. The quantitative estimate of drug-likeness (QED) is 0.669. The minimum Gasteiger partial charge on any atom is -0.857 e. The summed E-state index contributed by atoms with van der Waals surface area (Å²) in [5, 5.41) is 16.5. The maximum atomic E-state index is 12.2. The average Bonchev–Trinajstić information content (AvgIpc) is 3.20. The molecule has 0 aromatic heterocycles. The van der Waals surface area contributed by atoms with Crippen molar-refractivity contribution in [2.75, 3.05) is 0 Å². The van der Waals surface area contributed by atoms with E-state index >= 15 is 0 Å². The molecule has 2 aromatic rings. The zero-order chi connectivity index (χ0) is 17.5. The van der Waals surface area contributed by atoms with Crippen LogP contribution in [-0.2, 0) is 4.74 Å². The SMILES string of the molecule is [O-]C1=N[N+](=C2c3ccccc3-c3ccccc32)C(OC2CCCCC2)C1. The lowest BCUT2D eigenvalue weighted by molar-refractivity contribution is -0.611. The molecule has 2 aliphatic carbocycles. The fourth-order valence-corrected chi connectivity index (χ4v) is 4.43. The Kier molecular flexibility index (Phi) is 3.86. The molecule has 5 rings (SSSR count). The molecule has 3 aliphatic rings. The summed E-state index contributed by atoms with van der Waals surface area (Å²) < 4.78 is 8.22. The summed E-state index contributed by atoms with van der Waals surface area (Å²) >= 11 is 0. The number of hydrazone groups is 1. The monoisotopic (exact) mass is 346 g/mol. The molecule has 4 heteroatoms. The topological polar surface area (TPSA) is 47.7 Å². The number of rotatable bonds is 2. The molecule has 1 atom stereocenters. The summed E-state index contributed by atoms with van der Waals surface area (Å²) in [6.45, 7) is 0. The van der Waals surface area contributed by atoms with Crippen LogP contribution in [0.25, 0.3) is 11.1 Å². The van der Waals surface area contributed by atoms with E-state index in [1.165, 1.54) is 30.4 Å². The molecule has 26 heavy (non-hydrogen) atoms. The predicted octanol–water partition coefficient (Wildman–Crippen LogP) is 3.27. The molecule has 1 fully saturated rings. The smallest absolute Gasteiger partial charge is 0.293 e. The van der Waals surface area contributed by atoms with Crippen molar-refractivity contribution < 1.29 is 14.5 Å². The van der Waals surface area contributed by atoms with Crippen molar-refractivity contribution in [2.45, 2.75) is 50.9 Å². The van der Waals surface area contributed by atoms with Gasteiger partial charge in [0.05, 0.1) is 23.7 Å². The average molecular weight is 346 g/mol. The zero-order valence-corrected chi connectivity index (χ0v) is 14.7. The van der Waals surface area contributed by atoms with Gasteiger partial charge >= 0.3 is 0 Å². The first-order valence-electron chi connectivity index (χ1n) is 9.56. The molecule has 0 N–H and O–H groups in total. The summed E-state index contributed by atoms with van der Waals surface area (Å²) in [5.41, 5.74) is 5.66. The number of ether oxygens (including phenoxy) is 1. The minimum atomic E-state index is -0.292. The largest absolute Gasteiger partial charge is 0.857 e. The highest BCUT2D eigenvalue weighted by Crippen LogP contribution is 2.37. The van der Waals surface area contributed by atoms with Crippen LogP contribution in [0.1, 0.15) is 49.7 Å². The van der Waals surface area contributed by atoms with Crippen molar-refractivity contribution in [3.63, 3.8) is 0 Å². The van der Waals surface area contributed by atoms with Crippen molar-refractivity contribution in [3.8, 4) is 11.1 Å². The summed E-state index contributed by atoms with van der Waals surface area (Å²) in [4.78, 5) is 0. The van der Waals surface area contributed by atoms with Crippen LogP contribution in [0.2, 0.25) is 0 Å². The number of nitrogens with zero attached hydrogens (tertiary/aromatic N) is 2. The van der Waals surface area contributed by atoms with Gasteiger partial charge < -0.3 is 9.84 Å². The second-order valence-electron chi connectivity index (χ2n) is 7.33. The van der Waals surface area contributed by atoms with Gasteiger partial charge in [0.15, 0.2) is 0 Å². The maximum Gasteiger partial charge on any atom is 0.293 e. The van der Waals surface area contributed by atoms with Gasteiger partial charge in [0.2, 0.25) is 5.71 Å². The highest BCUT2D eigenvalue weighted by Gasteiger charge is 2.40. The van der Waals surface area contributed by atoms with E-state index in [2.05, 4.69) is 41.5 Å². The van der Waals surface area contributed by atoms with Gasteiger partial charge in [-0.05, 0) is 41.2 Å². The third-order valence-corrected chi connectivity index (χ3v) is 5.63. The van der Waals surface area contributed by atoms with E-state index in [9.17, 15) is 5.11 Å². The maximum absolute atomic E-state index is 12.2. The normalized spacial score (nSPS) is 22.3. The summed E-state index contributed by atoms with van der Waals surface area (Å²) in [6.07, 6.45) is 6.17. The molecule has 4 nitrogen and oxygen atoms in total. The highest BCUT2D eigenvalue weighted by atomic mass is 16.5. The van der Waals surface area contributed by atoms with Crippen LogP contribution in [0.15, 0.2) is 53.6 Å². The Morgan fingerprint density at radius 1 is 0.846 bits per heavy atom. The van der Waals surface area contributed by atoms with Gasteiger partial charge in [-0.25, -0.2) is 0 Å². The van der Waals surface area contributed by atoms with Crippen molar-refractivity contribution >= 4 is 11.6 Å². The van der Waals surface area contributed by atoms with Crippen molar-refractivity contribution in [3.05, 3.63) is 59.7 Å². The molecular formula is C22H22N2O2. The Labute approximate surface area is 153 Å². The number of fused-ring (bicyclic) bond motifs is 3. The molecule has 1 saturated carbocycles. The van der Waals surface area contributed by atoms with E-state index in [0.29, 0.717) is 6.42 Å². The number of hydrogen-bond acceptors (Lipinski definition) is 3. The van der Waals surface area contributed by atoms with Gasteiger partial charge in [0.1, 0.15) is 0 Å². The molecule has 1 heterocycles. The Bertz CT molecular complexity index is 862. The molecule has 132 valence electrons. The van der Waals surface area contributed by atoms with Gasteiger partial charge in [0, 0.05) is 5.90 Å². The molecule has 0 radical (unpaired) electrons. The van der Waals surface area contributed by atoms with Crippen LogP contribution in [0.3, 0.4) is 0 Å². The lowest BCUT2D eigenvalue weighted by Crippen LogP contribution is -2.33. The van der Waals surface area contributed by atoms with Gasteiger partial charge in [0.25, 0.3) is 6.23 Å². The van der Waals surface area contributed by atoms with Gasteiger partial charge in [-0.2, -0.15) is 0 Å². The van der Waals surface area contributed by atoms with E-state index in [-0.39, 0.29) is 18.2 Å². The van der Waals surface area contributed by atoms with E-state index in [0.717, 1.165) is 29.7 Å². The predicted molar refractivity (Wildman–Crippen MR) is 99.1 cm³/mol. The second kappa shape index (κ2) is 6.36. The Morgan fingerprint density at radius 2 is 1.42 bits per heavy atom. The van der Waals surface area contributed by atoms with Crippen LogP contribution in [-0.4, -0.2) is 28.6 Å². The Hall–Kier alpha value is -2.46. The lowest BCUT2D eigenvalue weighted by atomic mass is 9.98. The molecule has 1 aliphatic heterocycles. The van der Waals surface area contributed by atoms with E-state index in [1.54, 1.807) is 0 Å². The van der Waals surface area contributed by atoms with Crippen molar-refractivity contribution in [2.24, 2.45) is 5.10 Å². The van der Waals surface area contributed by atoms with E-state index < -0.39 is 0 Å². The van der Waals surface area contributed by atoms with Gasteiger partial charge in [-0.3, -0.25) is 0 Å². The second-order valence-corrected chi connectivity index (χ2v) is 7.33. The van der Waals surface area contributed by atoms with Crippen LogP contribution >= 0.6 is 0 Å². The van der Waals surface area contributed by atoms with E-state index in [4.69, 9.17) is 4.74 Å². The number of benzene rings is 2. The van der Waals surface area contributed by atoms with Crippen LogP contribution in [0.4, 0.5) is 0 Å². The first-order valence-corrected chi connectivity index (χ1v) is 9.56. The van der Waals surface area contributed by atoms with Crippen LogP contribution < -0.4 is 5.11 Å². The van der Waals surface area contributed by atoms with Gasteiger partial charge in [-0.15, -0.1) is 0 Å². The molecule has 0 amide bonds. The standard InChI is InChI=1S/C22H22N2O2/c25-20-14-21(26-15-8-2-1-3-9-15)24(23-20)22-18-12-6-4-10-16(18)17-11-5-7-13-19(17)22/h4-7,10-13,15,21H,1-3,8-9,14H2. The highest BCUT2D eigenvalue weighted by molar-refractivity contribution is 6.22.